The molecule has 0 spiro atoms. The summed E-state index contributed by atoms with van der Waals surface area (Å²) in [6, 6.07) is 5.99. The number of halogens is 1. The first kappa shape index (κ1) is 12.4. The summed E-state index contributed by atoms with van der Waals surface area (Å²) in [6.07, 6.45) is 3.52. The normalized spacial score (nSPS) is 19.2. The van der Waals surface area contributed by atoms with Crippen LogP contribution in [0, 0.1) is 0 Å². The van der Waals surface area contributed by atoms with Gasteiger partial charge in [-0.25, -0.2) is 4.98 Å². The molecule has 0 aliphatic carbocycles. The molecular weight excluding hydrogens is 264 g/mol. The van der Waals surface area contributed by atoms with Crippen LogP contribution in [0.3, 0.4) is 0 Å². The number of hydrogen-bond acceptors (Lipinski definition) is 3. The van der Waals surface area contributed by atoms with E-state index in [1.54, 1.807) is 11.3 Å². The molecule has 0 amide bonds. The lowest BCUT2D eigenvalue weighted by Crippen LogP contribution is -2.39. The van der Waals surface area contributed by atoms with Gasteiger partial charge in [-0.2, -0.15) is 0 Å². The SMILES string of the molecule is CCC1(c2nc3cccc(Cl)c3s2)CCNCC1. The summed E-state index contributed by atoms with van der Waals surface area (Å²) in [5.74, 6) is 0. The van der Waals surface area contributed by atoms with Crippen LogP contribution in [0.15, 0.2) is 18.2 Å². The first-order chi connectivity index (χ1) is 8.75. The minimum absolute atomic E-state index is 0.262. The lowest BCUT2D eigenvalue weighted by molar-refractivity contribution is 0.297. The number of hydrogen-bond donors (Lipinski definition) is 1. The van der Waals surface area contributed by atoms with Crippen molar-refractivity contribution >= 4 is 33.2 Å². The number of thiazole rings is 1. The fourth-order valence-corrected chi connectivity index (χ4v) is 4.34. The van der Waals surface area contributed by atoms with Gasteiger partial charge in [0.1, 0.15) is 5.01 Å². The zero-order valence-corrected chi connectivity index (χ0v) is 12.1. The second-order valence-corrected chi connectivity index (χ2v) is 6.40. The maximum Gasteiger partial charge on any atom is 0.100 e. The predicted octanol–water partition coefficient (Wildman–Crippen LogP) is 3.98. The van der Waals surface area contributed by atoms with Crippen LogP contribution in [0.4, 0.5) is 0 Å². The second-order valence-electron chi connectivity index (χ2n) is 4.99. The number of aromatic nitrogens is 1. The van der Waals surface area contributed by atoms with Crippen LogP contribution in [-0.2, 0) is 5.41 Å². The van der Waals surface area contributed by atoms with Crippen molar-refractivity contribution in [2.45, 2.75) is 31.6 Å². The lowest BCUT2D eigenvalue weighted by Gasteiger charge is -2.34. The molecule has 1 N–H and O–H groups in total. The molecule has 1 aliphatic heterocycles. The summed E-state index contributed by atoms with van der Waals surface area (Å²) in [4.78, 5) is 4.85. The molecule has 2 nitrogen and oxygen atoms in total. The van der Waals surface area contributed by atoms with Crippen molar-refractivity contribution in [3.8, 4) is 0 Å². The number of piperidine rings is 1. The van der Waals surface area contributed by atoms with Gasteiger partial charge in [-0.1, -0.05) is 24.6 Å². The summed E-state index contributed by atoms with van der Waals surface area (Å²) < 4.78 is 1.14. The molecular formula is C14H17ClN2S. The monoisotopic (exact) mass is 280 g/mol. The Hall–Kier alpha value is -0.640. The topological polar surface area (TPSA) is 24.9 Å². The molecule has 18 heavy (non-hydrogen) atoms. The van der Waals surface area contributed by atoms with Crippen molar-refractivity contribution in [1.29, 1.82) is 0 Å². The maximum atomic E-state index is 6.26. The smallest absolute Gasteiger partial charge is 0.100 e. The van der Waals surface area contributed by atoms with E-state index in [9.17, 15) is 0 Å². The molecule has 0 atom stereocenters. The van der Waals surface area contributed by atoms with Crippen LogP contribution in [0.5, 0.6) is 0 Å². The highest BCUT2D eigenvalue weighted by molar-refractivity contribution is 7.19. The van der Waals surface area contributed by atoms with E-state index >= 15 is 0 Å². The van der Waals surface area contributed by atoms with Gasteiger partial charge in [0, 0.05) is 5.41 Å². The van der Waals surface area contributed by atoms with E-state index in [0.717, 1.165) is 34.7 Å². The standard InChI is InChI=1S/C14H17ClN2S/c1-2-14(6-8-16-9-7-14)13-17-11-5-3-4-10(15)12(11)18-13/h3-5,16H,2,6-9H2,1H3. The highest BCUT2D eigenvalue weighted by Crippen LogP contribution is 2.41. The van der Waals surface area contributed by atoms with Crippen LogP contribution < -0.4 is 5.32 Å². The van der Waals surface area contributed by atoms with Crippen molar-refractivity contribution < 1.29 is 0 Å². The number of rotatable bonds is 2. The Morgan fingerprint density at radius 3 is 2.83 bits per heavy atom. The third-order valence-corrected chi connectivity index (χ3v) is 5.84. The van der Waals surface area contributed by atoms with Gasteiger partial charge in [0.05, 0.1) is 15.2 Å². The summed E-state index contributed by atoms with van der Waals surface area (Å²) in [5.41, 5.74) is 1.31. The Morgan fingerprint density at radius 2 is 2.17 bits per heavy atom. The summed E-state index contributed by atoms with van der Waals surface area (Å²) in [5, 5.41) is 5.54. The van der Waals surface area contributed by atoms with Crippen LogP contribution in [0.2, 0.25) is 5.02 Å². The van der Waals surface area contributed by atoms with E-state index < -0.39 is 0 Å². The molecule has 1 aliphatic rings. The summed E-state index contributed by atoms with van der Waals surface area (Å²) in [7, 11) is 0. The van der Waals surface area contributed by atoms with Gasteiger partial charge in [0.2, 0.25) is 0 Å². The predicted molar refractivity (Wildman–Crippen MR) is 78.7 cm³/mol. The van der Waals surface area contributed by atoms with E-state index in [1.165, 1.54) is 17.8 Å². The third-order valence-electron chi connectivity index (χ3n) is 4.06. The fourth-order valence-electron chi connectivity index (χ4n) is 2.77. The van der Waals surface area contributed by atoms with Crippen LogP contribution in [0.1, 0.15) is 31.2 Å². The number of fused-ring (bicyclic) bond motifs is 1. The molecule has 1 saturated heterocycles. The molecule has 0 unspecified atom stereocenters. The van der Waals surface area contributed by atoms with E-state index in [-0.39, 0.29) is 5.41 Å². The lowest BCUT2D eigenvalue weighted by atomic mass is 9.77. The quantitative estimate of drug-likeness (QED) is 0.900. The van der Waals surface area contributed by atoms with Crippen molar-refractivity contribution in [2.75, 3.05) is 13.1 Å². The van der Waals surface area contributed by atoms with Gasteiger partial charge in [-0.05, 0) is 44.5 Å². The Kier molecular flexibility index (Phi) is 3.31. The van der Waals surface area contributed by atoms with E-state index in [0.29, 0.717) is 0 Å². The zero-order chi connectivity index (χ0) is 12.6. The van der Waals surface area contributed by atoms with Crippen LogP contribution >= 0.6 is 22.9 Å². The Bertz CT molecular complexity index is 558. The molecule has 96 valence electrons. The maximum absolute atomic E-state index is 6.26. The molecule has 0 radical (unpaired) electrons. The summed E-state index contributed by atoms with van der Waals surface area (Å²) in [6.45, 7) is 4.47. The van der Waals surface area contributed by atoms with Crippen LogP contribution in [0.25, 0.3) is 10.2 Å². The van der Waals surface area contributed by atoms with Gasteiger partial charge in [0.15, 0.2) is 0 Å². The number of nitrogens with one attached hydrogen (secondary N) is 1. The average molecular weight is 281 g/mol. The van der Waals surface area contributed by atoms with E-state index in [1.807, 2.05) is 12.1 Å². The largest absolute Gasteiger partial charge is 0.317 e. The van der Waals surface area contributed by atoms with Gasteiger partial charge in [-0.3, -0.25) is 0 Å². The first-order valence-corrected chi connectivity index (χ1v) is 7.71. The molecule has 0 bridgehead atoms. The third kappa shape index (κ3) is 1.94. The van der Waals surface area contributed by atoms with Gasteiger partial charge in [0.25, 0.3) is 0 Å². The Balaban J connectivity index is 2.09. The molecule has 3 rings (SSSR count). The minimum Gasteiger partial charge on any atom is -0.317 e. The Labute approximate surface area is 116 Å². The molecule has 2 heterocycles. The first-order valence-electron chi connectivity index (χ1n) is 6.51. The Morgan fingerprint density at radius 1 is 1.39 bits per heavy atom. The molecule has 1 fully saturated rings. The highest BCUT2D eigenvalue weighted by atomic mass is 35.5. The van der Waals surface area contributed by atoms with Crippen molar-refractivity contribution in [1.82, 2.24) is 10.3 Å². The number of benzene rings is 1. The molecule has 1 aromatic carbocycles. The van der Waals surface area contributed by atoms with Crippen molar-refractivity contribution in [2.24, 2.45) is 0 Å². The average Bonchev–Trinajstić information content (AvgIpc) is 2.85. The minimum atomic E-state index is 0.262. The van der Waals surface area contributed by atoms with Gasteiger partial charge >= 0.3 is 0 Å². The number of nitrogens with zero attached hydrogens (tertiary/aromatic N) is 1. The summed E-state index contributed by atoms with van der Waals surface area (Å²) >= 11 is 8.04. The molecule has 1 aromatic heterocycles. The van der Waals surface area contributed by atoms with Crippen molar-refractivity contribution in [3.63, 3.8) is 0 Å². The molecule has 0 saturated carbocycles. The highest BCUT2D eigenvalue weighted by Gasteiger charge is 2.35. The van der Waals surface area contributed by atoms with E-state index in [2.05, 4.69) is 18.3 Å². The zero-order valence-electron chi connectivity index (χ0n) is 10.5. The second kappa shape index (κ2) is 4.80. The van der Waals surface area contributed by atoms with Crippen molar-refractivity contribution in [3.05, 3.63) is 28.2 Å². The van der Waals surface area contributed by atoms with E-state index in [4.69, 9.17) is 16.6 Å². The fraction of sp³-hybridized carbons (Fsp3) is 0.500. The molecule has 4 heteroatoms. The van der Waals surface area contributed by atoms with Gasteiger partial charge in [-0.15, -0.1) is 11.3 Å². The van der Waals surface area contributed by atoms with Gasteiger partial charge < -0.3 is 5.32 Å². The van der Waals surface area contributed by atoms with Crippen LogP contribution in [-0.4, -0.2) is 18.1 Å². The molecule has 2 aromatic rings.